The molecule has 1 aromatic rings. The van der Waals surface area contributed by atoms with E-state index in [0.717, 1.165) is 5.56 Å². The van der Waals surface area contributed by atoms with Crippen molar-refractivity contribution in [2.24, 2.45) is 5.92 Å². The molecule has 0 amide bonds. The average Bonchev–Trinajstić information content (AvgIpc) is 2.36. The van der Waals surface area contributed by atoms with Crippen molar-refractivity contribution in [1.82, 2.24) is 0 Å². The molecule has 0 saturated carbocycles. The van der Waals surface area contributed by atoms with E-state index in [1.165, 1.54) is 12.1 Å². The lowest BCUT2D eigenvalue weighted by atomic mass is 9.97. The Morgan fingerprint density at radius 1 is 1.39 bits per heavy atom. The fourth-order valence-corrected chi connectivity index (χ4v) is 1.69. The van der Waals surface area contributed by atoms with Crippen LogP contribution in [0.15, 0.2) is 24.3 Å². The number of nitrogens with zero attached hydrogens (tertiary/aromatic N) is 1. The van der Waals surface area contributed by atoms with E-state index in [1.54, 1.807) is 19.1 Å². The van der Waals surface area contributed by atoms with Crippen molar-refractivity contribution in [2.45, 2.75) is 26.7 Å². The molecule has 1 rings (SSSR count). The Balaban J connectivity index is 0.00000324. The van der Waals surface area contributed by atoms with Gasteiger partial charge in [-0.1, -0.05) is 19.1 Å². The van der Waals surface area contributed by atoms with Gasteiger partial charge in [-0.3, -0.25) is 14.9 Å². The van der Waals surface area contributed by atoms with Crippen molar-refractivity contribution in [3.8, 4) is 0 Å². The normalized spacial score (nSPS) is 11.9. The second kappa shape index (κ2) is 6.74. The number of nitro groups is 1. The highest BCUT2D eigenvalue weighted by Crippen LogP contribution is 2.17. The molecule has 0 heterocycles. The van der Waals surface area contributed by atoms with E-state index in [9.17, 15) is 14.9 Å². The van der Waals surface area contributed by atoms with Crippen molar-refractivity contribution in [3.05, 3.63) is 39.9 Å². The summed E-state index contributed by atoms with van der Waals surface area (Å²) < 4.78 is 4.98. The number of ether oxygens (including phenoxy) is 1. The topological polar surface area (TPSA) is 69.4 Å². The van der Waals surface area contributed by atoms with E-state index in [4.69, 9.17) is 4.74 Å². The molecule has 0 spiro atoms. The van der Waals surface area contributed by atoms with E-state index >= 15 is 0 Å². The molecular formula is C13H18NO4+. The maximum absolute atomic E-state index is 11.6. The molecule has 0 aliphatic rings. The molecule has 1 unspecified atom stereocenters. The van der Waals surface area contributed by atoms with E-state index in [-0.39, 0.29) is 19.0 Å². The standard InChI is InChI=1S/C13H17NO4/c1-3-11(13(15)18-4-2)9-10-5-7-12(8-6-10)14(16)17/h5-8,11H,3-4,9H2,1-2H3/p+1. The van der Waals surface area contributed by atoms with Crippen LogP contribution in [0.5, 0.6) is 0 Å². The van der Waals surface area contributed by atoms with Crippen LogP contribution in [0.3, 0.4) is 0 Å². The number of nitro benzene ring substituents is 1. The molecule has 18 heavy (non-hydrogen) atoms. The quantitative estimate of drug-likeness (QED) is 0.443. The smallest absolute Gasteiger partial charge is 0.466 e. The predicted octanol–water partition coefficient (Wildman–Crippen LogP) is 2.84. The molecule has 0 saturated heterocycles. The highest BCUT2D eigenvalue weighted by Gasteiger charge is 2.18. The van der Waals surface area contributed by atoms with E-state index in [1.807, 2.05) is 6.92 Å². The zero-order valence-corrected chi connectivity index (χ0v) is 10.6. The predicted molar refractivity (Wildman–Crippen MR) is 68.3 cm³/mol. The molecule has 5 nitrogen and oxygen atoms in total. The zero-order valence-electron chi connectivity index (χ0n) is 11.6. The van der Waals surface area contributed by atoms with Crippen LogP contribution in [0, 0.1) is 16.0 Å². The van der Waals surface area contributed by atoms with Gasteiger partial charge < -0.3 is 4.74 Å². The number of esters is 1. The van der Waals surface area contributed by atoms with Crippen LogP contribution in [0.4, 0.5) is 5.69 Å². The average molecular weight is 252 g/mol. The number of non-ortho nitro benzene ring substituents is 1. The first kappa shape index (κ1) is 14.2. The Morgan fingerprint density at radius 3 is 2.44 bits per heavy atom. The van der Waals surface area contributed by atoms with Gasteiger partial charge in [0.1, 0.15) is 0 Å². The number of hydrogen-bond donors (Lipinski definition) is 0. The monoisotopic (exact) mass is 252 g/mol. The minimum absolute atomic E-state index is 0. The molecule has 0 aliphatic carbocycles. The Bertz CT molecular complexity index is 419. The number of carbonyl (C=O) groups is 1. The molecule has 0 radical (unpaired) electrons. The molecule has 1 aromatic carbocycles. The lowest BCUT2D eigenvalue weighted by Gasteiger charge is -2.13. The molecule has 0 fully saturated rings. The van der Waals surface area contributed by atoms with E-state index in [2.05, 4.69) is 0 Å². The third kappa shape index (κ3) is 3.84. The molecule has 0 N–H and O–H groups in total. The maximum atomic E-state index is 11.6. The summed E-state index contributed by atoms with van der Waals surface area (Å²) in [5, 5.41) is 10.5. The molecule has 0 aliphatic heterocycles. The molecule has 0 bridgehead atoms. The Hall–Kier alpha value is -1.91. The first-order chi connectivity index (χ1) is 8.58. The molecule has 0 aromatic heterocycles. The van der Waals surface area contributed by atoms with Gasteiger partial charge in [-0.15, -0.1) is 0 Å². The SMILES string of the molecule is CCOC(=O)C(CC)Cc1ccc([N+](=O)[O-])cc1.[H+]. The first-order valence-electron chi connectivity index (χ1n) is 5.98. The molecule has 5 heteroatoms. The third-order valence-corrected chi connectivity index (χ3v) is 2.74. The largest absolute Gasteiger partial charge is 1.00 e. The fraction of sp³-hybridized carbons (Fsp3) is 0.462. The Labute approximate surface area is 107 Å². The highest BCUT2D eigenvalue weighted by atomic mass is 16.6. The van der Waals surface area contributed by atoms with Gasteiger partial charge in [0.25, 0.3) is 5.69 Å². The zero-order chi connectivity index (χ0) is 13.5. The van der Waals surface area contributed by atoms with Gasteiger partial charge in [0.05, 0.1) is 17.4 Å². The van der Waals surface area contributed by atoms with Crippen LogP contribution in [0.1, 0.15) is 27.3 Å². The van der Waals surface area contributed by atoms with Crippen molar-refractivity contribution in [2.75, 3.05) is 6.61 Å². The number of rotatable bonds is 6. The van der Waals surface area contributed by atoms with Gasteiger partial charge in [-0.25, -0.2) is 0 Å². The summed E-state index contributed by atoms with van der Waals surface area (Å²) in [6.45, 7) is 4.07. The van der Waals surface area contributed by atoms with Crippen LogP contribution in [-0.2, 0) is 16.0 Å². The summed E-state index contributed by atoms with van der Waals surface area (Å²) in [5.74, 6) is -0.398. The van der Waals surface area contributed by atoms with Crippen molar-refractivity contribution in [1.29, 1.82) is 0 Å². The van der Waals surface area contributed by atoms with Crippen LogP contribution in [-0.4, -0.2) is 17.5 Å². The van der Waals surface area contributed by atoms with Gasteiger partial charge in [0.2, 0.25) is 0 Å². The van der Waals surface area contributed by atoms with E-state index in [0.29, 0.717) is 19.4 Å². The minimum Gasteiger partial charge on any atom is -0.466 e. The summed E-state index contributed by atoms with van der Waals surface area (Å²) in [4.78, 5) is 21.7. The van der Waals surface area contributed by atoms with Gasteiger partial charge in [-0.2, -0.15) is 0 Å². The lowest BCUT2D eigenvalue weighted by molar-refractivity contribution is -0.384. The van der Waals surface area contributed by atoms with Gasteiger partial charge in [-0.05, 0) is 25.3 Å². The van der Waals surface area contributed by atoms with Crippen molar-refractivity contribution >= 4 is 11.7 Å². The number of benzene rings is 1. The number of carbonyl (C=O) groups excluding carboxylic acids is 1. The molecule has 98 valence electrons. The lowest BCUT2D eigenvalue weighted by Crippen LogP contribution is -2.19. The Kier molecular flexibility index (Phi) is 5.30. The van der Waals surface area contributed by atoms with Crippen LogP contribution < -0.4 is 0 Å². The van der Waals surface area contributed by atoms with Crippen molar-refractivity contribution in [3.63, 3.8) is 0 Å². The summed E-state index contributed by atoms with van der Waals surface area (Å²) >= 11 is 0. The van der Waals surface area contributed by atoms with Crippen LogP contribution in [0.2, 0.25) is 0 Å². The van der Waals surface area contributed by atoms with Gasteiger partial charge in [0.15, 0.2) is 0 Å². The third-order valence-electron chi connectivity index (χ3n) is 2.74. The van der Waals surface area contributed by atoms with E-state index < -0.39 is 4.92 Å². The van der Waals surface area contributed by atoms with Gasteiger partial charge in [0, 0.05) is 12.1 Å². The van der Waals surface area contributed by atoms with Crippen molar-refractivity contribution < 1.29 is 15.9 Å². The first-order valence-corrected chi connectivity index (χ1v) is 5.98. The second-order valence-corrected chi connectivity index (χ2v) is 3.98. The van der Waals surface area contributed by atoms with Crippen LogP contribution in [0.25, 0.3) is 0 Å². The summed E-state index contributed by atoms with van der Waals surface area (Å²) in [5.41, 5.74) is 0.962. The molecule has 1 atom stereocenters. The maximum Gasteiger partial charge on any atom is 1.00 e. The second-order valence-electron chi connectivity index (χ2n) is 3.98. The Morgan fingerprint density at radius 2 is 2.00 bits per heavy atom. The minimum atomic E-state index is -0.438. The summed E-state index contributed by atoms with van der Waals surface area (Å²) in [6.07, 6.45) is 1.24. The molecular weight excluding hydrogens is 234 g/mol. The fourth-order valence-electron chi connectivity index (χ4n) is 1.69. The van der Waals surface area contributed by atoms with Crippen LogP contribution >= 0.6 is 0 Å². The highest BCUT2D eigenvalue weighted by molar-refractivity contribution is 5.72. The summed E-state index contributed by atoms with van der Waals surface area (Å²) in [7, 11) is 0. The number of hydrogen-bond acceptors (Lipinski definition) is 4. The summed E-state index contributed by atoms with van der Waals surface area (Å²) in [6, 6.07) is 6.26. The van der Waals surface area contributed by atoms with Gasteiger partial charge >= 0.3 is 7.40 Å².